The van der Waals surface area contributed by atoms with Gasteiger partial charge in [0, 0.05) is 38.9 Å². The lowest BCUT2D eigenvalue weighted by Gasteiger charge is -2.34. The number of hydrogen-bond acceptors (Lipinski definition) is 6. The van der Waals surface area contributed by atoms with Crippen molar-refractivity contribution in [2.45, 2.75) is 12.6 Å². The Balaban J connectivity index is 0.00000261. The molecule has 1 atom stereocenters. The second-order valence-electron chi connectivity index (χ2n) is 5.95. The van der Waals surface area contributed by atoms with Crippen LogP contribution in [0.3, 0.4) is 0 Å². The smallest absolute Gasteiger partial charge is 0.306 e. The summed E-state index contributed by atoms with van der Waals surface area (Å²) in [4.78, 5) is 16.7. The summed E-state index contributed by atoms with van der Waals surface area (Å²) in [5.41, 5.74) is 1.03. The molecule has 0 amide bonds. The van der Waals surface area contributed by atoms with Crippen LogP contribution in [0, 0.1) is 10.1 Å². The number of guanidine groups is 1. The highest BCUT2D eigenvalue weighted by Crippen LogP contribution is 2.21. The van der Waals surface area contributed by atoms with Gasteiger partial charge in [-0.05, 0) is 0 Å². The van der Waals surface area contributed by atoms with E-state index in [0.29, 0.717) is 26.2 Å². The highest BCUT2D eigenvalue weighted by Gasteiger charge is 2.25. The number of nitro groups is 1. The molecule has 2 aromatic heterocycles. The number of aryl methyl sites for hydroxylation is 1. The summed E-state index contributed by atoms with van der Waals surface area (Å²) < 4.78 is 9.14. The highest BCUT2D eigenvalue weighted by molar-refractivity contribution is 14.0. The van der Waals surface area contributed by atoms with Gasteiger partial charge in [-0.1, -0.05) is 0 Å². The van der Waals surface area contributed by atoms with Crippen LogP contribution in [0.2, 0.25) is 0 Å². The quantitative estimate of drug-likeness (QED) is 0.217. The minimum absolute atomic E-state index is 0. The zero-order valence-electron chi connectivity index (χ0n) is 15.2. The van der Waals surface area contributed by atoms with E-state index in [2.05, 4.69) is 25.4 Å². The second-order valence-corrected chi connectivity index (χ2v) is 5.95. The fourth-order valence-corrected chi connectivity index (χ4v) is 2.83. The normalized spacial score (nSPS) is 17.5. The molecule has 1 aliphatic rings. The van der Waals surface area contributed by atoms with Gasteiger partial charge in [0.2, 0.25) is 0 Å². The van der Waals surface area contributed by atoms with Crippen molar-refractivity contribution in [1.82, 2.24) is 29.8 Å². The molecule has 0 saturated carbocycles. The average Bonchev–Trinajstić information content (AvgIpc) is 3.28. The predicted molar refractivity (Wildman–Crippen MR) is 109 cm³/mol. The summed E-state index contributed by atoms with van der Waals surface area (Å²) >= 11 is 0. The predicted octanol–water partition coefficient (Wildman–Crippen LogP) is 0.792. The van der Waals surface area contributed by atoms with Crippen molar-refractivity contribution in [3.8, 4) is 0 Å². The van der Waals surface area contributed by atoms with Gasteiger partial charge in [0.15, 0.2) is 5.96 Å². The number of morpholine rings is 1. The third kappa shape index (κ3) is 5.38. The summed E-state index contributed by atoms with van der Waals surface area (Å²) in [5, 5.41) is 22.1. The van der Waals surface area contributed by atoms with E-state index in [9.17, 15) is 10.1 Å². The lowest BCUT2D eigenvalue weighted by Crippen LogP contribution is -2.48. The van der Waals surface area contributed by atoms with Crippen LogP contribution in [0.4, 0.5) is 5.69 Å². The minimum Gasteiger partial charge on any atom is -0.370 e. The molecule has 0 aliphatic carbocycles. The van der Waals surface area contributed by atoms with Gasteiger partial charge < -0.3 is 15.0 Å². The van der Waals surface area contributed by atoms with Gasteiger partial charge in [-0.15, -0.1) is 24.0 Å². The average molecular weight is 490 g/mol. The number of aliphatic imine (C=N–C) groups is 1. The molecule has 1 aliphatic heterocycles. The van der Waals surface area contributed by atoms with Crippen LogP contribution >= 0.6 is 24.0 Å². The first-order valence-corrected chi connectivity index (χ1v) is 8.29. The van der Waals surface area contributed by atoms with E-state index >= 15 is 0 Å². The molecule has 27 heavy (non-hydrogen) atoms. The molecule has 3 heterocycles. The lowest BCUT2D eigenvalue weighted by atomic mass is 10.1. The number of nitrogens with one attached hydrogen (secondary N) is 1. The van der Waals surface area contributed by atoms with Crippen molar-refractivity contribution < 1.29 is 9.66 Å². The molecule has 148 valence electrons. The summed E-state index contributed by atoms with van der Waals surface area (Å²) in [6.45, 7) is 3.08. The van der Waals surface area contributed by atoms with Crippen molar-refractivity contribution in [1.29, 1.82) is 0 Å². The third-order valence-corrected chi connectivity index (χ3v) is 4.13. The number of rotatable bonds is 5. The summed E-state index contributed by atoms with van der Waals surface area (Å²) in [5.74, 6) is 0.767. The van der Waals surface area contributed by atoms with Crippen molar-refractivity contribution in [2.24, 2.45) is 12.0 Å². The molecule has 2 aromatic rings. The Labute approximate surface area is 173 Å². The first-order chi connectivity index (χ1) is 12.6. The first kappa shape index (κ1) is 21.1. The number of hydrogen-bond donors (Lipinski definition) is 1. The molecular formula is C15H23IN8O3. The Hall–Kier alpha value is -2.22. The van der Waals surface area contributed by atoms with Crippen LogP contribution in [0.15, 0.2) is 29.8 Å². The van der Waals surface area contributed by atoms with E-state index in [1.165, 1.54) is 17.1 Å². The molecule has 0 radical (unpaired) electrons. The van der Waals surface area contributed by atoms with Crippen LogP contribution < -0.4 is 5.32 Å². The molecule has 1 unspecified atom stereocenters. The molecule has 0 spiro atoms. The van der Waals surface area contributed by atoms with Gasteiger partial charge in [0.05, 0.1) is 30.8 Å². The van der Waals surface area contributed by atoms with Gasteiger partial charge in [-0.2, -0.15) is 10.2 Å². The van der Waals surface area contributed by atoms with E-state index in [0.717, 1.165) is 18.1 Å². The molecule has 1 N–H and O–H groups in total. The Morgan fingerprint density at radius 3 is 2.89 bits per heavy atom. The van der Waals surface area contributed by atoms with E-state index in [4.69, 9.17) is 4.74 Å². The Morgan fingerprint density at radius 2 is 2.26 bits per heavy atom. The first-order valence-electron chi connectivity index (χ1n) is 8.29. The van der Waals surface area contributed by atoms with Crippen molar-refractivity contribution in [2.75, 3.05) is 33.3 Å². The molecular weight excluding hydrogens is 467 g/mol. The largest absolute Gasteiger partial charge is 0.370 e. The second kappa shape index (κ2) is 9.64. The fraction of sp³-hybridized carbons (Fsp3) is 0.533. The zero-order chi connectivity index (χ0) is 18.5. The van der Waals surface area contributed by atoms with Crippen LogP contribution in [-0.4, -0.2) is 68.6 Å². The Morgan fingerprint density at radius 1 is 1.44 bits per heavy atom. The van der Waals surface area contributed by atoms with Crippen molar-refractivity contribution in [3.63, 3.8) is 0 Å². The third-order valence-electron chi connectivity index (χ3n) is 4.13. The highest BCUT2D eigenvalue weighted by atomic mass is 127. The Bertz CT molecular complexity index is 790. The monoisotopic (exact) mass is 490 g/mol. The number of ether oxygens (including phenoxy) is 1. The van der Waals surface area contributed by atoms with Crippen molar-refractivity contribution >= 4 is 35.6 Å². The van der Waals surface area contributed by atoms with E-state index in [-0.39, 0.29) is 35.8 Å². The maximum absolute atomic E-state index is 10.7. The van der Waals surface area contributed by atoms with E-state index in [1.807, 2.05) is 19.4 Å². The van der Waals surface area contributed by atoms with Crippen LogP contribution in [0.1, 0.15) is 11.7 Å². The number of halogens is 1. The zero-order valence-corrected chi connectivity index (χ0v) is 17.5. The fourth-order valence-electron chi connectivity index (χ4n) is 2.83. The number of nitrogens with zero attached hydrogens (tertiary/aromatic N) is 7. The van der Waals surface area contributed by atoms with Crippen LogP contribution in [0.25, 0.3) is 0 Å². The van der Waals surface area contributed by atoms with Gasteiger partial charge in [0.25, 0.3) is 0 Å². The Kier molecular flexibility index (Phi) is 7.53. The van der Waals surface area contributed by atoms with Gasteiger partial charge in [0.1, 0.15) is 18.5 Å². The van der Waals surface area contributed by atoms with Crippen LogP contribution in [-0.2, 0) is 18.3 Å². The maximum Gasteiger partial charge on any atom is 0.306 e. The van der Waals surface area contributed by atoms with Crippen LogP contribution in [0.5, 0.6) is 0 Å². The molecule has 1 fully saturated rings. The molecule has 0 aromatic carbocycles. The van der Waals surface area contributed by atoms with Gasteiger partial charge in [-0.3, -0.25) is 24.5 Å². The molecule has 0 bridgehead atoms. The minimum atomic E-state index is -0.456. The summed E-state index contributed by atoms with van der Waals surface area (Å²) in [6.07, 6.45) is 6.38. The molecule has 12 heteroatoms. The molecule has 3 rings (SSSR count). The summed E-state index contributed by atoms with van der Waals surface area (Å²) in [7, 11) is 3.61. The molecule has 11 nitrogen and oxygen atoms in total. The topological polar surface area (TPSA) is 116 Å². The lowest BCUT2D eigenvalue weighted by molar-refractivity contribution is -0.385. The van der Waals surface area contributed by atoms with Gasteiger partial charge >= 0.3 is 5.69 Å². The maximum atomic E-state index is 10.7. The van der Waals surface area contributed by atoms with E-state index < -0.39 is 4.92 Å². The standard InChI is InChI=1S/C15H22N8O3.HI/c1-16-15(17-3-4-22-10-13(8-19-22)23(24)25)21-5-6-26-14(11-21)12-7-18-20(2)9-12;/h7-10,14H,3-6,11H2,1-2H3,(H,16,17);1H. The summed E-state index contributed by atoms with van der Waals surface area (Å²) in [6, 6.07) is 0. The SMILES string of the molecule is CN=C(NCCn1cc([N+](=O)[O-])cn1)N1CCOC(c2cnn(C)c2)C1.I. The van der Waals surface area contributed by atoms with Gasteiger partial charge in [-0.25, -0.2) is 0 Å². The van der Waals surface area contributed by atoms with E-state index in [1.54, 1.807) is 11.7 Å². The van der Waals surface area contributed by atoms with Crippen molar-refractivity contribution in [3.05, 3.63) is 40.5 Å². The number of aromatic nitrogens is 4. The molecule has 1 saturated heterocycles.